The van der Waals surface area contributed by atoms with Gasteiger partial charge in [-0.1, -0.05) is 97.1 Å². The first-order chi connectivity index (χ1) is 25.2. The van der Waals surface area contributed by atoms with E-state index in [2.05, 4.69) is 40.3 Å². The fraction of sp³-hybridized carbons (Fsp3) is 0.0500. The molecule has 2 aliphatic heterocycles. The van der Waals surface area contributed by atoms with Crippen LogP contribution in [0.1, 0.15) is 5.56 Å². The number of benzene rings is 5. The van der Waals surface area contributed by atoms with Crippen molar-refractivity contribution in [3.63, 3.8) is 0 Å². The average molecular weight is 680 g/mol. The van der Waals surface area contributed by atoms with Crippen molar-refractivity contribution >= 4 is 59.1 Å². The molecule has 0 radical (unpaired) electrons. The maximum Gasteiger partial charge on any atom is 0.251 e. The highest BCUT2D eigenvalue weighted by atomic mass is 28.2. The molecule has 8 aromatic rings. The highest BCUT2D eigenvalue weighted by molar-refractivity contribution is 6.48. The van der Waals surface area contributed by atoms with Crippen LogP contribution in [0.2, 0.25) is 0 Å². The number of rotatable bonds is 5. The molecule has 0 amide bonds. The number of aromatic amines is 2. The molecule has 11 heteroatoms. The summed E-state index contributed by atoms with van der Waals surface area (Å²) >= 11 is 0. The first-order valence-corrected chi connectivity index (χ1v) is 18.1. The Morgan fingerprint density at radius 1 is 0.490 bits per heavy atom. The van der Waals surface area contributed by atoms with Gasteiger partial charge in [-0.15, -0.1) is 0 Å². The molecule has 2 aliphatic rings. The molecular formula is C40H29N9OSi. The molecule has 8 bridgehead atoms. The van der Waals surface area contributed by atoms with Gasteiger partial charge in [-0.25, -0.2) is 29.9 Å². The fourth-order valence-corrected chi connectivity index (χ4v) is 7.89. The van der Waals surface area contributed by atoms with Crippen molar-refractivity contribution in [3.8, 4) is 51.3 Å². The fourth-order valence-electron chi connectivity index (χ4n) is 6.86. The van der Waals surface area contributed by atoms with E-state index in [9.17, 15) is 0 Å². The lowest BCUT2D eigenvalue weighted by molar-refractivity contribution is 0.604. The number of aromatic nitrogens is 8. The molecule has 0 saturated heterocycles. The molecule has 10 rings (SSSR count). The van der Waals surface area contributed by atoms with Crippen LogP contribution in [-0.2, 0) is 6.42 Å². The van der Waals surface area contributed by atoms with E-state index >= 15 is 0 Å². The number of nitrogens with two attached hydrogens (primary N) is 1. The molecule has 0 spiro atoms. The maximum absolute atomic E-state index is 6.33. The molecule has 0 fully saturated rings. The Morgan fingerprint density at radius 3 is 1.43 bits per heavy atom. The zero-order chi connectivity index (χ0) is 33.9. The van der Waals surface area contributed by atoms with Crippen LogP contribution >= 0.6 is 0 Å². The van der Waals surface area contributed by atoms with E-state index in [1.807, 2.05) is 84.9 Å². The lowest BCUT2D eigenvalue weighted by atomic mass is 10.1. The normalized spacial score (nSPS) is 12.1. The molecular weight excluding hydrogens is 651 g/mol. The number of hydrogen-bond donors (Lipinski definition) is 3. The van der Waals surface area contributed by atoms with Crippen molar-refractivity contribution in [1.82, 2.24) is 39.9 Å². The van der Waals surface area contributed by atoms with Gasteiger partial charge in [0.25, 0.3) is 9.76 Å². The van der Waals surface area contributed by atoms with Gasteiger partial charge in [0.1, 0.15) is 28.3 Å². The molecule has 0 unspecified atom stereocenters. The molecule has 5 aromatic carbocycles. The topological polar surface area (TPSA) is 144 Å². The van der Waals surface area contributed by atoms with Crippen LogP contribution in [0.15, 0.2) is 115 Å². The molecule has 0 aliphatic carbocycles. The zero-order valence-corrected chi connectivity index (χ0v) is 28.7. The van der Waals surface area contributed by atoms with Gasteiger partial charge in [0, 0.05) is 43.8 Å². The van der Waals surface area contributed by atoms with Crippen LogP contribution in [0.25, 0.3) is 89.7 Å². The third kappa shape index (κ3) is 5.06. The quantitative estimate of drug-likeness (QED) is 0.184. The Balaban J connectivity index is 1.23. The molecule has 10 nitrogen and oxygen atoms in total. The van der Waals surface area contributed by atoms with Gasteiger partial charge in [-0.05, 0) is 41.9 Å². The molecule has 0 saturated carbocycles. The first-order valence-electron chi connectivity index (χ1n) is 16.8. The van der Waals surface area contributed by atoms with Gasteiger partial charge in [0.05, 0.1) is 0 Å². The summed E-state index contributed by atoms with van der Waals surface area (Å²) in [4.78, 5) is 37.4. The van der Waals surface area contributed by atoms with E-state index in [1.165, 1.54) is 5.56 Å². The number of nitrogens with one attached hydrogen (secondary N) is 2. The zero-order valence-electron chi connectivity index (χ0n) is 27.3. The van der Waals surface area contributed by atoms with Crippen molar-refractivity contribution < 1.29 is 4.43 Å². The van der Waals surface area contributed by atoms with Gasteiger partial charge in [-0.3, -0.25) is 0 Å². The van der Waals surface area contributed by atoms with Gasteiger partial charge >= 0.3 is 0 Å². The summed E-state index contributed by atoms with van der Waals surface area (Å²) in [5.41, 5.74) is 13.2. The van der Waals surface area contributed by atoms with Crippen LogP contribution in [0.5, 0.6) is 5.75 Å². The average Bonchev–Trinajstić information content (AvgIpc) is 3.90. The summed E-state index contributed by atoms with van der Waals surface area (Å²) in [6, 6.07) is 38.8. The predicted octanol–water partition coefficient (Wildman–Crippen LogP) is 6.16. The third-order valence-electron chi connectivity index (χ3n) is 9.38. The smallest absolute Gasteiger partial charge is 0.251 e. The monoisotopic (exact) mass is 679 g/mol. The molecule has 4 N–H and O–H groups in total. The highest BCUT2D eigenvalue weighted by Gasteiger charge is 2.22. The van der Waals surface area contributed by atoms with Crippen LogP contribution in [-0.4, -0.2) is 56.2 Å². The minimum Gasteiger partial charge on any atom is -0.545 e. The molecule has 0 atom stereocenters. The standard InChI is InChI=1S/C40H29N9OSi/c41-20-19-22-13-15-23(16-14-22)50-51-24-17-18-31-32(21-24)40-48-38-30-12-6-5-11-29(30)36(46-38)44-34-26-8-2-1-7-25(26)33(42-34)43-35-27-9-3-4-10-28(27)37(45-35)47-39(31)49-40/h1-18,21H,19-20,41,51H2,(H2,42,43,44,45,46,47,48,49). The molecule has 244 valence electrons. The lowest BCUT2D eigenvalue weighted by Crippen LogP contribution is -2.19. The largest absolute Gasteiger partial charge is 0.545 e. The predicted molar refractivity (Wildman–Crippen MR) is 204 cm³/mol. The van der Waals surface area contributed by atoms with E-state index in [4.69, 9.17) is 40.1 Å². The Labute approximate surface area is 293 Å². The van der Waals surface area contributed by atoms with Crippen molar-refractivity contribution in [1.29, 1.82) is 0 Å². The van der Waals surface area contributed by atoms with E-state index in [-0.39, 0.29) is 0 Å². The minimum absolute atomic E-state index is 0.572. The van der Waals surface area contributed by atoms with Gasteiger partial charge in [-0.2, -0.15) is 0 Å². The van der Waals surface area contributed by atoms with Crippen LogP contribution in [0.4, 0.5) is 0 Å². The van der Waals surface area contributed by atoms with Crippen molar-refractivity contribution in [2.45, 2.75) is 6.42 Å². The lowest BCUT2D eigenvalue weighted by Gasteiger charge is -2.07. The SMILES string of the molecule is NCCc1ccc(O[SiH2]c2ccc3c4nc5nc(nc6[nH]c(nc7nc(nc([nH]4)c3c2)-c2ccccc2-7)c2ccccc62)-c2ccccc2-5)cc1. The van der Waals surface area contributed by atoms with E-state index in [1.54, 1.807) is 0 Å². The maximum atomic E-state index is 6.33. The van der Waals surface area contributed by atoms with Crippen LogP contribution < -0.4 is 15.3 Å². The Bertz CT molecular complexity index is 2840. The summed E-state index contributed by atoms with van der Waals surface area (Å²) < 4.78 is 6.33. The summed E-state index contributed by atoms with van der Waals surface area (Å²) in [7, 11) is -1.12. The highest BCUT2D eigenvalue weighted by Crippen LogP contribution is 2.36. The van der Waals surface area contributed by atoms with Gasteiger partial charge in [0.15, 0.2) is 23.3 Å². The minimum atomic E-state index is -1.12. The van der Waals surface area contributed by atoms with Gasteiger partial charge < -0.3 is 20.1 Å². The second kappa shape index (κ2) is 11.8. The number of H-pyrrole nitrogens is 2. The van der Waals surface area contributed by atoms with Crippen molar-refractivity contribution in [2.75, 3.05) is 6.54 Å². The summed E-state index contributed by atoms with van der Waals surface area (Å²) in [6.07, 6.45) is 0.848. The van der Waals surface area contributed by atoms with Crippen LogP contribution in [0, 0.1) is 0 Å². The summed E-state index contributed by atoms with van der Waals surface area (Å²) in [6.45, 7) is 0.624. The van der Waals surface area contributed by atoms with E-state index < -0.39 is 9.76 Å². The molecule has 3 aromatic heterocycles. The van der Waals surface area contributed by atoms with Crippen molar-refractivity contribution in [3.05, 3.63) is 121 Å². The Hall–Kier alpha value is -6.56. The number of nitrogens with zero attached hydrogens (tertiary/aromatic N) is 6. The molecule has 51 heavy (non-hydrogen) atoms. The summed E-state index contributed by atoms with van der Waals surface area (Å²) in [5.74, 6) is 3.16. The summed E-state index contributed by atoms with van der Waals surface area (Å²) in [5, 5.41) is 4.86. The second-order valence-corrected chi connectivity index (χ2v) is 14.0. The van der Waals surface area contributed by atoms with Crippen molar-refractivity contribution in [2.24, 2.45) is 5.73 Å². The third-order valence-corrected chi connectivity index (χ3v) is 10.6. The van der Waals surface area contributed by atoms with Gasteiger partial charge in [0.2, 0.25) is 0 Å². The second-order valence-electron chi connectivity index (χ2n) is 12.6. The Kier molecular flexibility index (Phi) is 6.79. The number of fused-ring (bicyclic) bond motifs is 20. The Morgan fingerprint density at radius 2 is 0.941 bits per heavy atom. The first kappa shape index (κ1) is 29.4. The van der Waals surface area contributed by atoms with Crippen LogP contribution in [0.3, 0.4) is 0 Å². The van der Waals surface area contributed by atoms with E-state index in [0.717, 1.165) is 61.2 Å². The molecule has 5 heterocycles. The number of hydrogen-bond acceptors (Lipinski definition) is 8. The van der Waals surface area contributed by atoms with E-state index in [0.29, 0.717) is 52.4 Å².